The molecule has 5 heteroatoms. The number of methoxy groups -OCH3 is 1. The summed E-state index contributed by atoms with van der Waals surface area (Å²) in [5, 5.41) is 9.87. The van der Waals surface area contributed by atoms with Gasteiger partial charge in [-0.25, -0.2) is 0 Å². The third-order valence-corrected chi connectivity index (χ3v) is 2.08. The highest BCUT2D eigenvalue weighted by Crippen LogP contribution is 2.27. The van der Waals surface area contributed by atoms with Gasteiger partial charge in [-0.3, -0.25) is 0 Å². The monoisotopic (exact) mass is 237 g/mol. The van der Waals surface area contributed by atoms with Gasteiger partial charge in [-0.1, -0.05) is 17.7 Å². The molecule has 0 radical (unpaired) electrons. The normalized spacial score (nSPS) is 11.7. The molecule has 80 valence electrons. The highest BCUT2D eigenvalue weighted by molar-refractivity contribution is 6.32. The van der Waals surface area contributed by atoms with Gasteiger partial charge in [0, 0.05) is 6.54 Å². The number of halogens is 2. The summed E-state index contributed by atoms with van der Waals surface area (Å²) < 4.78 is 4.97. The van der Waals surface area contributed by atoms with Gasteiger partial charge in [-0.05, 0) is 17.7 Å². The van der Waals surface area contributed by atoms with Crippen LogP contribution in [0.25, 0.3) is 0 Å². The number of nitrogens with two attached hydrogens (primary N) is 1. The average molecular weight is 238 g/mol. The lowest BCUT2D eigenvalue weighted by molar-refractivity contribution is 0.186. The van der Waals surface area contributed by atoms with E-state index in [0.717, 1.165) is 0 Å². The number of ether oxygens (including phenoxy) is 1. The molecule has 0 fully saturated rings. The second-order valence-electron chi connectivity index (χ2n) is 2.65. The summed E-state index contributed by atoms with van der Waals surface area (Å²) in [6, 6.07) is 5.09. The maximum absolute atomic E-state index is 9.39. The standard InChI is InChI=1S/C9H12ClNO2.ClH/c1-13-9-3-2-6(4-7(9)10)8(12)5-11;/h2-4,8,12H,5,11H2,1H3;1H. The molecule has 0 heterocycles. The molecule has 0 saturated heterocycles. The zero-order valence-corrected chi connectivity index (χ0v) is 9.31. The van der Waals surface area contributed by atoms with Crippen molar-refractivity contribution in [2.75, 3.05) is 13.7 Å². The van der Waals surface area contributed by atoms with Crippen LogP contribution in [0.4, 0.5) is 0 Å². The van der Waals surface area contributed by atoms with E-state index in [-0.39, 0.29) is 19.0 Å². The van der Waals surface area contributed by atoms with Gasteiger partial charge in [-0.2, -0.15) is 0 Å². The summed E-state index contributed by atoms with van der Waals surface area (Å²) in [4.78, 5) is 0. The molecule has 0 aliphatic heterocycles. The van der Waals surface area contributed by atoms with E-state index in [1.807, 2.05) is 0 Å². The van der Waals surface area contributed by atoms with Gasteiger partial charge in [0.25, 0.3) is 0 Å². The maximum Gasteiger partial charge on any atom is 0.137 e. The number of hydrogen-bond acceptors (Lipinski definition) is 3. The Morgan fingerprint density at radius 3 is 2.64 bits per heavy atom. The van der Waals surface area contributed by atoms with E-state index in [2.05, 4.69) is 0 Å². The minimum Gasteiger partial charge on any atom is -0.495 e. The summed E-state index contributed by atoms with van der Waals surface area (Å²) in [7, 11) is 1.54. The van der Waals surface area contributed by atoms with Crippen molar-refractivity contribution in [3.8, 4) is 5.75 Å². The highest BCUT2D eigenvalue weighted by Gasteiger charge is 2.07. The summed E-state index contributed by atoms with van der Waals surface area (Å²) >= 11 is 5.85. The van der Waals surface area contributed by atoms with Gasteiger partial charge >= 0.3 is 0 Å². The molecular weight excluding hydrogens is 225 g/mol. The van der Waals surface area contributed by atoms with Gasteiger partial charge in [0.1, 0.15) is 5.75 Å². The predicted octanol–water partition coefficient (Wildman–Crippen LogP) is 1.76. The molecule has 1 rings (SSSR count). The Balaban J connectivity index is 0.00000169. The first-order chi connectivity index (χ1) is 6.19. The molecule has 3 N–H and O–H groups in total. The first-order valence-electron chi connectivity index (χ1n) is 3.90. The SMILES string of the molecule is COc1ccc(C(O)CN)cc1Cl.Cl. The predicted molar refractivity (Wildman–Crippen MR) is 59.3 cm³/mol. The van der Waals surface area contributed by atoms with E-state index in [4.69, 9.17) is 22.1 Å². The smallest absolute Gasteiger partial charge is 0.137 e. The van der Waals surface area contributed by atoms with Crippen molar-refractivity contribution < 1.29 is 9.84 Å². The van der Waals surface area contributed by atoms with Crippen LogP contribution < -0.4 is 10.5 Å². The van der Waals surface area contributed by atoms with Gasteiger partial charge in [0.2, 0.25) is 0 Å². The Hall–Kier alpha value is -0.480. The first-order valence-corrected chi connectivity index (χ1v) is 4.28. The minimum atomic E-state index is -0.664. The Morgan fingerprint density at radius 2 is 2.21 bits per heavy atom. The van der Waals surface area contributed by atoms with Crippen LogP contribution in [0.15, 0.2) is 18.2 Å². The summed E-state index contributed by atoms with van der Waals surface area (Å²) in [6.07, 6.45) is -0.664. The van der Waals surface area contributed by atoms with Crippen LogP contribution >= 0.6 is 24.0 Å². The quantitative estimate of drug-likeness (QED) is 0.843. The van der Waals surface area contributed by atoms with Crippen LogP contribution in [0, 0.1) is 0 Å². The highest BCUT2D eigenvalue weighted by atomic mass is 35.5. The molecule has 0 amide bonds. The van der Waals surface area contributed by atoms with E-state index in [9.17, 15) is 5.11 Å². The zero-order valence-electron chi connectivity index (χ0n) is 7.74. The summed E-state index contributed by atoms with van der Waals surface area (Å²) in [5.41, 5.74) is 6.00. The molecule has 0 aliphatic carbocycles. The number of aliphatic hydroxyl groups excluding tert-OH is 1. The molecule has 14 heavy (non-hydrogen) atoms. The molecule has 0 bridgehead atoms. The van der Waals surface area contributed by atoms with Crippen molar-refractivity contribution in [1.82, 2.24) is 0 Å². The fraction of sp³-hybridized carbons (Fsp3) is 0.333. The van der Waals surface area contributed by atoms with Crippen molar-refractivity contribution in [2.45, 2.75) is 6.10 Å². The lowest BCUT2D eigenvalue weighted by Crippen LogP contribution is -2.11. The fourth-order valence-corrected chi connectivity index (χ4v) is 1.29. The van der Waals surface area contributed by atoms with Crippen molar-refractivity contribution in [3.63, 3.8) is 0 Å². The van der Waals surface area contributed by atoms with Crippen LogP contribution in [-0.4, -0.2) is 18.8 Å². The van der Waals surface area contributed by atoms with E-state index >= 15 is 0 Å². The van der Waals surface area contributed by atoms with Crippen molar-refractivity contribution >= 4 is 24.0 Å². The van der Waals surface area contributed by atoms with Gasteiger partial charge in [0.15, 0.2) is 0 Å². The van der Waals surface area contributed by atoms with Crippen LogP contribution in [0.2, 0.25) is 5.02 Å². The van der Waals surface area contributed by atoms with Crippen molar-refractivity contribution in [3.05, 3.63) is 28.8 Å². The molecule has 1 atom stereocenters. The Morgan fingerprint density at radius 1 is 1.57 bits per heavy atom. The largest absolute Gasteiger partial charge is 0.495 e. The molecule has 3 nitrogen and oxygen atoms in total. The Labute approximate surface area is 94.2 Å². The Bertz CT molecular complexity index is 294. The number of hydrogen-bond donors (Lipinski definition) is 2. The van der Waals surface area contributed by atoms with Crippen LogP contribution in [-0.2, 0) is 0 Å². The molecule has 1 aromatic rings. The topological polar surface area (TPSA) is 55.5 Å². The summed E-state index contributed by atoms with van der Waals surface area (Å²) in [5.74, 6) is 0.592. The molecule has 1 aromatic carbocycles. The van der Waals surface area contributed by atoms with Gasteiger partial charge in [0.05, 0.1) is 18.2 Å². The average Bonchev–Trinajstić information content (AvgIpc) is 2.16. The first kappa shape index (κ1) is 13.5. The number of benzene rings is 1. The van der Waals surface area contributed by atoms with Crippen molar-refractivity contribution in [2.24, 2.45) is 5.73 Å². The fourth-order valence-electron chi connectivity index (χ4n) is 1.03. The van der Waals surface area contributed by atoms with Gasteiger partial charge < -0.3 is 15.6 Å². The van der Waals surface area contributed by atoms with Crippen LogP contribution in [0.3, 0.4) is 0 Å². The van der Waals surface area contributed by atoms with Crippen molar-refractivity contribution in [1.29, 1.82) is 0 Å². The molecular formula is C9H13Cl2NO2. The third kappa shape index (κ3) is 3.03. The van der Waals surface area contributed by atoms with Gasteiger partial charge in [-0.15, -0.1) is 12.4 Å². The molecule has 0 saturated carbocycles. The maximum atomic E-state index is 9.39. The molecule has 0 spiro atoms. The number of aliphatic hydroxyl groups is 1. The zero-order chi connectivity index (χ0) is 9.84. The number of rotatable bonds is 3. The molecule has 0 aromatic heterocycles. The van der Waals surface area contributed by atoms with Crippen LogP contribution in [0.5, 0.6) is 5.75 Å². The lowest BCUT2D eigenvalue weighted by Gasteiger charge is -2.09. The molecule has 1 unspecified atom stereocenters. The van der Waals surface area contributed by atoms with E-state index in [0.29, 0.717) is 16.3 Å². The third-order valence-electron chi connectivity index (χ3n) is 1.78. The van der Waals surface area contributed by atoms with E-state index in [1.165, 1.54) is 0 Å². The van der Waals surface area contributed by atoms with E-state index < -0.39 is 6.10 Å². The lowest BCUT2D eigenvalue weighted by atomic mass is 10.1. The second-order valence-corrected chi connectivity index (χ2v) is 3.05. The minimum absolute atomic E-state index is 0. The van der Waals surface area contributed by atoms with E-state index in [1.54, 1.807) is 25.3 Å². The van der Waals surface area contributed by atoms with Crippen LogP contribution in [0.1, 0.15) is 11.7 Å². The molecule has 0 aliphatic rings. The summed E-state index contributed by atoms with van der Waals surface area (Å²) in [6.45, 7) is 0.183. The Kier molecular flexibility index (Phi) is 5.88. The second kappa shape index (κ2) is 6.09.